The fourth-order valence-corrected chi connectivity index (χ4v) is 4.91. The van der Waals surface area contributed by atoms with E-state index in [0.29, 0.717) is 35.1 Å². The Labute approximate surface area is 212 Å². The van der Waals surface area contributed by atoms with Crippen molar-refractivity contribution in [2.45, 2.75) is 76.9 Å². The molecule has 7 heteroatoms. The molecule has 1 aliphatic rings. The van der Waals surface area contributed by atoms with Crippen LogP contribution in [0.15, 0.2) is 48.5 Å². The molecule has 1 fully saturated rings. The third-order valence-corrected chi connectivity index (χ3v) is 6.98. The summed E-state index contributed by atoms with van der Waals surface area (Å²) in [6.07, 6.45) is 6.76. The molecule has 2 amide bonds. The number of para-hydroxylation sites is 1. The first kappa shape index (κ1) is 26.4. The van der Waals surface area contributed by atoms with Gasteiger partial charge in [-0.1, -0.05) is 73.7 Å². The number of nitrogens with one attached hydrogen (secondary N) is 1. The van der Waals surface area contributed by atoms with Gasteiger partial charge in [-0.05, 0) is 49.9 Å². The lowest BCUT2D eigenvalue weighted by atomic mass is 9.95. The second-order valence-corrected chi connectivity index (χ2v) is 9.57. The minimum absolute atomic E-state index is 0.105. The van der Waals surface area contributed by atoms with E-state index in [0.717, 1.165) is 31.4 Å². The number of carbonyl (C=O) groups is 2. The average molecular weight is 505 g/mol. The Morgan fingerprint density at radius 3 is 2.35 bits per heavy atom. The third kappa shape index (κ3) is 7.64. The molecule has 0 aromatic heterocycles. The van der Waals surface area contributed by atoms with Gasteiger partial charge < -0.3 is 15.0 Å². The summed E-state index contributed by atoms with van der Waals surface area (Å²) in [4.78, 5) is 28.3. The normalized spacial score (nSPS) is 14.9. The van der Waals surface area contributed by atoms with Gasteiger partial charge in [0.05, 0.1) is 6.61 Å². The van der Waals surface area contributed by atoms with Gasteiger partial charge in [0, 0.05) is 34.6 Å². The molecule has 0 spiro atoms. The highest BCUT2D eigenvalue weighted by molar-refractivity contribution is 6.36. The second kappa shape index (κ2) is 13.6. The predicted molar refractivity (Wildman–Crippen MR) is 137 cm³/mol. The van der Waals surface area contributed by atoms with Crippen LogP contribution in [0.25, 0.3) is 0 Å². The van der Waals surface area contributed by atoms with Gasteiger partial charge in [0.2, 0.25) is 11.8 Å². The topological polar surface area (TPSA) is 58.6 Å². The Morgan fingerprint density at radius 2 is 1.71 bits per heavy atom. The monoisotopic (exact) mass is 504 g/mol. The predicted octanol–water partition coefficient (Wildman–Crippen LogP) is 6.41. The van der Waals surface area contributed by atoms with Gasteiger partial charge in [0.15, 0.2) is 0 Å². The first-order valence-corrected chi connectivity index (χ1v) is 13.0. The van der Waals surface area contributed by atoms with Crippen LogP contribution < -0.4 is 10.1 Å². The van der Waals surface area contributed by atoms with Gasteiger partial charge in [-0.2, -0.15) is 0 Å². The number of ether oxygens (including phenoxy) is 1. The van der Waals surface area contributed by atoms with E-state index in [9.17, 15) is 9.59 Å². The maximum atomic E-state index is 13.4. The highest BCUT2D eigenvalue weighted by Gasteiger charge is 2.31. The molecule has 2 aromatic rings. The van der Waals surface area contributed by atoms with E-state index in [1.54, 1.807) is 23.1 Å². The van der Waals surface area contributed by atoms with E-state index in [1.165, 1.54) is 6.42 Å². The minimum atomic E-state index is -0.586. The van der Waals surface area contributed by atoms with Crippen molar-refractivity contribution in [2.24, 2.45) is 0 Å². The zero-order valence-corrected chi connectivity index (χ0v) is 21.3. The number of rotatable bonds is 11. The molecule has 0 radical (unpaired) electrons. The molecule has 1 N–H and O–H groups in total. The Morgan fingerprint density at radius 1 is 1.03 bits per heavy atom. The number of nitrogens with zero attached hydrogens (tertiary/aromatic N) is 1. The molecule has 0 saturated heterocycles. The van der Waals surface area contributed by atoms with Crippen LogP contribution in [0.5, 0.6) is 5.75 Å². The maximum Gasteiger partial charge on any atom is 0.243 e. The lowest BCUT2D eigenvalue weighted by Crippen LogP contribution is -2.51. The summed E-state index contributed by atoms with van der Waals surface area (Å²) < 4.78 is 5.74. The first-order chi connectivity index (χ1) is 16.5. The van der Waals surface area contributed by atoms with E-state index >= 15 is 0 Å². The van der Waals surface area contributed by atoms with E-state index < -0.39 is 6.04 Å². The van der Waals surface area contributed by atoms with Crippen LogP contribution in [0.4, 0.5) is 0 Å². The standard InChI is InChI=1S/C27H34Cl2N2O3/c1-2-25(27(33)30-20-11-5-3-6-12-20)31(19-22-23(28)15-9-16-24(22)29)26(32)17-10-18-34-21-13-7-4-8-14-21/h4,7-9,13-16,20,25H,2-3,5-6,10-12,17-19H2,1H3,(H,30,33). The van der Waals surface area contributed by atoms with Crippen molar-refractivity contribution >= 4 is 35.0 Å². The summed E-state index contributed by atoms with van der Waals surface area (Å²) in [5.74, 6) is 0.553. The van der Waals surface area contributed by atoms with Crippen LogP contribution >= 0.6 is 23.2 Å². The number of carbonyl (C=O) groups excluding carboxylic acids is 2. The van der Waals surface area contributed by atoms with Gasteiger partial charge in [0.1, 0.15) is 11.8 Å². The molecule has 5 nitrogen and oxygen atoms in total. The lowest BCUT2D eigenvalue weighted by molar-refractivity contribution is -0.142. The molecule has 184 valence electrons. The Balaban J connectivity index is 1.70. The molecule has 1 aliphatic carbocycles. The first-order valence-electron chi connectivity index (χ1n) is 12.2. The van der Waals surface area contributed by atoms with Gasteiger partial charge in [-0.15, -0.1) is 0 Å². The van der Waals surface area contributed by atoms with Crippen LogP contribution in [0.3, 0.4) is 0 Å². The van der Waals surface area contributed by atoms with Gasteiger partial charge >= 0.3 is 0 Å². The second-order valence-electron chi connectivity index (χ2n) is 8.75. The Hall–Kier alpha value is -2.24. The van der Waals surface area contributed by atoms with Crippen molar-refractivity contribution in [2.75, 3.05) is 6.61 Å². The van der Waals surface area contributed by atoms with E-state index in [4.69, 9.17) is 27.9 Å². The fourth-order valence-electron chi connectivity index (χ4n) is 4.39. The van der Waals surface area contributed by atoms with Crippen LogP contribution in [0.1, 0.15) is 63.9 Å². The van der Waals surface area contributed by atoms with E-state index in [2.05, 4.69) is 5.32 Å². The molecule has 1 atom stereocenters. The molecule has 34 heavy (non-hydrogen) atoms. The van der Waals surface area contributed by atoms with Gasteiger partial charge in [-0.3, -0.25) is 9.59 Å². The molecule has 3 rings (SSSR count). The van der Waals surface area contributed by atoms with Crippen LogP contribution in [-0.2, 0) is 16.1 Å². The molecule has 1 unspecified atom stereocenters. The molecular formula is C27H34Cl2N2O3. The zero-order chi connectivity index (χ0) is 24.3. The molecule has 0 bridgehead atoms. The number of benzene rings is 2. The van der Waals surface area contributed by atoms with E-state index in [1.807, 2.05) is 37.3 Å². The number of halogens is 2. The van der Waals surface area contributed by atoms with Gasteiger partial charge in [-0.25, -0.2) is 0 Å². The summed E-state index contributed by atoms with van der Waals surface area (Å²) in [6.45, 7) is 2.53. The molecule has 1 saturated carbocycles. The third-order valence-electron chi connectivity index (χ3n) is 6.27. The van der Waals surface area contributed by atoms with E-state index in [-0.39, 0.29) is 30.8 Å². The molecule has 0 heterocycles. The van der Waals surface area contributed by atoms with Crippen molar-refractivity contribution in [3.63, 3.8) is 0 Å². The largest absolute Gasteiger partial charge is 0.494 e. The summed E-state index contributed by atoms with van der Waals surface area (Å²) in [5, 5.41) is 4.16. The summed E-state index contributed by atoms with van der Waals surface area (Å²) >= 11 is 12.8. The summed E-state index contributed by atoms with van der Waals surface area (Å²) in [5.41, 5.74) is 0.656. The quantitative estimate of drug-likeness (QED) is 0.359. The lowest BCUT2D eigenvalue weighted by Gasteiger charge is -2.33. The SMILES string of the molecule is CCC(C(=O)NC1CCCCC1)N(Cc1c(Cl)cccc1Cl)C(=O)CCCOc1ccccc1. The highest BCUT2D eigenvalue weighted by Crippen LogP contribution is 2.27. The molecular weight excluding hydrogens is 471 g/mol. The van der Waals surface area contributed by atoms with Crippen LogP contribution in [0.2, 0.25) is 10.0 Å². The molecule has 0 aliphatic heterocycles. The minimum Gasteiger partial charge on any atom is -0.494 e. The average Bonchev–Trinajstić information content (AvgIpc) is 2.84. The van der Waals surface area contributed by atoms with Crippen LogP contribution in [0, 0.1) is 0 Å². The summed E-state index contributed by atoms with van der Waals surface area (Å²) in [7, 11) is 0. The van der Waals surface area contributed by atoms with Crippen molar-refractivity contribution in [1.29, 1.82) is 0 Å². The number of amides is 2. The number of hydrogen-bond acceptors (Lipinski definition) is 3. The van der Waals surface area contributed by atoms with Crippen molar-refractivity contribution < 1.29 is 14.3 Å². The fraction of sp³-hybridized carbons (Fsp3) is 0.481. The molecule has 2 aromatic carbocycles. The highest BCUT2D eigenvalue weighted by atomic mass is 35.5. The van der Waals surface area contributed by atoms with Gasteiger partial charge in [0.25, 0.3) is 0 Å². The van der Waals surface area contributed by atoms with Crippen molar-refractivity contribution in [3.8, 4) is 5.75 Å². The van der Waals surface area contributed by atoms with Crippen molar-refractivity contribution in [1.82, 2.24) is 10.2 Å². The summed E-state index contributed by atoms with van der Waals surface area (Å²) in [6, 6.07) is 14.4. The van der Waals surface area contributed by atoms with Crippen LogP contribution in [-0.4, -0.2) is 35.4 Å². The maximum absolute atomic E-state index is 13.4. The van der Waals surface area contributed by atoms with Crippen molar-refractivity contribution in [3.05, 3.63) is 64.1 Å². The number of hydrogen-bond donors (Lipinski definition) is 1. The smallest absolute Gasteiger partial charge is 0.243 e. The zero-order valence-electron chi connectivity index (χ0n) is 19.8. The Bertz CT molecular complexity index is 912. The Kier molecular flexibility index (Phi) is 10.5.